The van der Waals surface area contributed by atoms with Crippen molar-refractivity contribution in [1.82, 2.24) is 4.98 Å². The number of nitrogens with one attached hydrogen (secondary N) is 1. The molecule has 1 aliphatic carbocycles. The number of pyridine rings is 1. The van der Waals surface area contributed by atoms with Crippen LogP contribution in [0.15, 0.2) is 36.0 Å². The minimum atomic E-state index is 0.433. The fourth-order valence-electron chi connectivity index (χ4n) is 3.18. The van der Waals surface area contributed by atoms with Crippen LogP contribution in [-0.2, 0) is 6.42 Å². The zero-order chi connectivity index (χ0) is 17.8. The average Bonchev–Trinajstić information content (AvgIpc) is 2.61. The number of anilines is 1. The van der Waals surface area contributed by atoms with Gasteiger partial charge in [0.15, 0.2) is 0 Å². The van der Waals surface area contributed by atoms with Crippen LogP contribution in [0.2, 0.25) is 15.1 Å². The third kappa shape index (κ3) is 4.69. The molecule has 132 valence electrons. The summed E-state index contributed by atoms with van der Waals surface area (Å²) in [6.07, 6.45) is 9.13. The van der Waals surface area contributed by atoms with Gasteiger partial charge in [-0.05, 0) is 55.9 Å². The first kappa shape index (κ1) is 18.6. The molecule has 0 bridgehead atoms. The third-order valence-corrected chi connectivity index (χ3v) is 5.59. The number of allylic oxidation sites excluding steroid dienone is 1. The molecular formula is C20H21Cl3N2. The van der Waals surface area contributed by atoms with Crippen molar-refractivity contribution < 1.29 is 0 Å². The van der Waals surface area contributed by atoms with Gasteiger partial charge in [0.05, 0.1) is 16.4 Å². The second kappa shape index (κ2) is 8.44. The summed E-state index contributed by atoms with van der Waals surface area (Å²) in [6.45, 7) is 2.07. The van der Waals surface area contributed by atoms with E-state index >= 15 is 0 Å². The maximum Gasteiger partial charge on any atom is 0.0852 e. The Hall–Kier alpha value is -1.22. The first-order chi connectivity index (χ1) is 12.1. The summed E-state index contributed by atoms with van der Waals surface area (Å²) in [5.41, 5.74) is 4.40. The Bertz CT molecular complexity index is 777. The van der Waals surface area contributed by atoms with Crippen LogP contribution in [0.25, 0.3) is 6.08 Å². The van der Waals surface area contributed by atoms with E-state index in [0.29, 0.717) is 16.1 Å². The molecule has 25 heavy (non-hydrogen) atoms. The first-order valence-electron chi connectivity index (χ1n) is 8.61. The lowest BCUT2D eigenvalue weighted by Crippen LogP contribution is -2.23. The maximum atomic E-state index is 6.43. The van der Waals surface area contributed by atoms with E-state index in [4.69, 9.17) is 34.8 Å². The van der Waals surface area contributed by atoms with Crippen LogP contribution in [0.3, 0.4) is 0 Å². The van der Waals surface area contributed by atoms with Gasteiger partial charge < -0.3 is 5.32 Å². The predicted molar refractivity (Wildman–Crippen MR) is 109 cm³/mol. The molecule has 1 aliphatic rings. The van der Waals surface area contributed by atoms with Crippen molar-refractivity contribution in [2.45, 2.75) is 45.1 Å². The molecule has 1 fully saturated rings. The summed E-state index contributed by atoms with van der Waals surface area (Å²) in [5, 5.41) is 5.71. The molecule has 0 unspecified atom stereocenters. The maximum absolute atomic E-state index is 6.43. The van der Waals surface area contributed by atoms with Crippen molar-refractivity contribution in [2.75, 3.05) is 5.32 Å². The summed E-state index contributed by atoms with van der Waals surface area (Å²) < 4.78 is 0. The van der Waals surface area contributed by atoms with Crippen LogP contribution in [0, 0.1) is 0 Å². The summed E-state index contributed by atoms with van der Waals surface area (Å²) in [7, 11) is 0. The quantitative estimate of drug-likeness (QED) is 0.600. The van der Waals surface area contributed by atoms with Crippen molar-refractivity contribution in [3.8, 4) is 0 Å². The highest BCUT2D eigenvalue weighted by Crippen LogP contribution is 2.32. The SMILES string of the molecule is CCc1nccc(NC2CCC(=Cc3ccc(Cl)cc3Cl)CC2)c1Cl. The zero-order valence-corrected chi connectivity index (χ0v) is 16.4. The molecule has 0 radical (unpaired) electrons. The number of rotatable bonds is 4. The van der Waals surface area contributed by atoms with Crippen LogP contribution in [0.1, 0.15) is 43.9 Å². The summed E-state index contributed by atoms with van der Waals surface area (Å²) in [4.78, 5) is 4.32. The normalized spacial score (nSPS) is 17.4. The van der Waals surface area contributed by atoms with Gasteiger partial charge in [-0.2, -0.15) is 0 Å². The minimum absolute atomic E-state index is 0.433. The van der Waals surface area contributed by atoms with Gasteiger partial charge in [0.25, 0.3) is 0 Å². The number of hydrogen-bond donors (Lipinski definition) is 1. The molecule has 0 spiro atoms. The Balaban J connectivity index is 1.63. The van der Waals surface area contributed by atoms with Gasteiger partial charge in [0.1, 0.15) is 0 Å². The van der Waals surface area contributed by atoms with Gasteiger partial charge in [0, 0.05) is 22.3 Å². The van der Waals surface area contributed by atoms with E-state index in [0.717, 1.165) is 54.1 Å². The monoisotopic (exact) mass is 394 g/mol. The Labute approximate surface area is 164 Å². The van der Waals surface area contributed by atoms with Crippen LogP contribution in [0.5, 0.6) is 0 Å². The lowest BCUT2D eigenvalue weighted by Gasteiger charge is -2.26. The first-order valence-corrected chi connectivity index (χ1v) is 9.74. The predicted octanol–water partition coefficient (Wildman–Crippen LogP) is 7.04. The highest BCUT2D eigenvalue weighted by Gasteiger charge is 2.18. The Morgan fingerprint density at radius 3 is 2.60 bits per heavy atom. The lowest BCUT2D eigenvalue weighted by atomic mass is 9.89. The molecule has 1 N–H and O–H groups in total. The molecular weight excluding hydrogens is 375 g/mol. The van der Waals surface area contributed by atoms with E-state index in [9.17, 15) is 0 Å². The molecule has 0 saturated heterocycles. The number of aryl methyl sites for hydroxylation is 1. The number of aromatic nitrogens is 1. The summed E-state index contributed by atoms with van der Waals surface area (Å²) in [6, 6.07) is 8.04. The van der Waals surface area contributed by atoms with Gasteiger partial charge in [-0.25, -0.2) is 0 Å². The summed E-state index contributed by atoms with van der Waals surface area (Å²) >= 11 is 18.7. The van der Waals surface area contributed by atoms with Crippen LogP contribution in [-0.4, -0.2) is 11.0 Å². The third-order valence-electron chi connectivity index (χ3n) is 4.61. The zero-order valence-electron chi connectivity index (χ0n) is 14.2. The Kier molecular flexibility index (Phi) is 6.27. The van der Waals surface area contributed by atoms with Gasteiger partial charge in [-0.1, -0.05) is 59.4 Å². The molecule has 1 aromatic carbocycles. The van der Waals surface area contributed by atoms with Crippen LogP contribution < -0.4 is 5.32 Å². The number of hydrogen-bond acceptors (Lipinski definition) is 2. The van der Waals surface area contributed by atoms with Gasteiger partial charge in [0.2, 0.25) is 0 Å². The second-order valence-electron chi connectivity index (χ2n) is 6.36. The van der Waals surface area contributed by atoms with Crippen LogP contribution >= 0.6 is 34.8 Å². The number of nitrogens with zero attached hydrogens (tertiary/aromatic N) is 1. The molecule has 0 aliphatic heterocycles. The van der Waals surface area contributed by atoms with Crippen molar-refractivity contribution >= 4 is 46.6 Å². The standard InChI is InChI=1S/C20H21Cl3N2/c1-2-18-20(23)19(9-10-24-18)25-16-7-3-13(4-8-16)11-14-5-6-15(21)12-17(14)22/h5-6,9-12,16H,2-4,7-8H2,1H3,(H,24,25). The fraction of sp³-hybridized carbons (Fsp3) is 0.350. The molecule has 0 amide bonds. The molecule has 0 atom stereocenters. The van der Waals surface area contributed by atoms with Crippen molar-refractivity contribution in [3.63, 3.8) is 0 Å². The molecule has 5 heteroatoms. The topological polar surface area (TPSA) is 24.9 Å². The number of benzene rings is 1. The Morgan fingerprint density at radius 1 is 1.16 bits per heavy atom. The van der Waals surface area contributed by atoms with Gasteiger partial charge in [-0.15, -0.1) is 0 Å². The van der Waals surface area contributed by atoms with E-state index < -0.39 is 0 Å². The minimum Gasteiger partial charge on any atom is -0.381 e. The van der Waals surface area contributed by atoms with E-state index in [2.05, 4.69) is 23.3 Å². The van der Waals surface area contributed by atoms with E-state index in [1.807, 2.05) is 24.4 Å². The highest BCUT2D eigenvalue weighted by molar-refractivity contribution is 6.35. The number of halogens is 3. The highest BCUT2D eigenvalue weighted by atomic mass is 35.5. The summed E-state index contributed by atoms with van der Waals surface area (Å²) in [5.74, 6) is 0. The van der Waals surface area contributed by atoms with Crippen molar-refractivity contribution in [1.29, 1.82) is 0 Å². The second-order valence-corrected chi connectivity index (χ2v) is 7.58. The molecule has 2 nitrogen and oxygen atoms in total. The van der Waals surface area contributed by atoms with Crippen LogP contribution in [0.4, 0.5) is 5.69 Å². The Morgan fingerprint density at radius 2 is 1.92 bits per heavy atom. The van der Waals surface area contributed by atoms with Gasteiger partial charge >= 0.3 is 0 Å². The van der Waals surface area contributed by atoms with E-state index in [1.165, 1.54) is 5.57 Å². The molecule has 2 aromatic rings. The smallest absolute Gasteiger partial charge is 0.0852 e. The van der Waals surface area contributed by atoms with Gasteiger partial charge in [-0.3, -0.25) is 4.98 Å². The fourth-order valence-corrected chi connectivity index (χ4v) is 3.94. The van der Waals surface area contributed by atoms with Crippen molar-refractivity contribution in [2.24, 2.45) is 0 Å². The van der Waals surface area contributed by atoms with E-state index in [-0.39, 0.29) is 0 Å². The average molecular weight is 396 g/mol. The largest absolute Gasteiger partial charge is 0.381 e. The molecule has 1 aromatic heterocycles. The lowest BCUT2D eigenvalue weighted by molar-refractivity contribution is 0.542. The molecule has 3 rings (SSSR count). The van der Waals surface area contributed by atoms with E-state index in [1.54, 1.807) is 6.07 Å². The molecule has 1 heterocycles. The van der Waals surface area contributed by atoms with Crippen molar-refractivity contribution in [3.05, 3.63) is 62.4 Å². The molecule has 1 saturated carbocycles.